The van der Waals surface area contributed by atoms with E-state index in [0.29, 0.717) is 25.2 Å². The minimum Gasteiger partial charge on any atom is -0.432 e. The first-order valence-corrected chi connectivity index (χ1v) is 6.25. The molecule has 0 radical (unpaired) electrons. The zero-order valence-corrected chi connectivity index (χ0v) is 11.0. The van der Waals surface area contributed by atoms with Crippen molar-refractivity contribution in [3.63, 3.8) is 0 Å². The molecule has 4 nitrogen and oxygen atoms in total. The van der Waals surface area contributed by atoms with E-state index in [0.717, 1.165) is 0 Å². The highest BCUT2D eigenvalue weighted by atomic mass is 19.3. The molecule has 1 N–H and O–H groups in total. The number of carbonyl (C=O) groups is 1. The molecule has 1 fully saturated rings. The summed E-state index contributed by atoms with van der Waals surface area (Å²) in [7, 11) is 0. The van der Waals surface area contributed by atoms with Gasteiger partial charge in [0.1, 0.15) is 6.10 Å². The zero-order chi connectivity index (χ0) is 15.6. The first kappa shape index (κ1) is 15.6. The quantitative estimate of drug-likeness (QED) is 0.870. The number of hydrogen-bond donors (Lipinski definition) is 1. The maximum atomic E-state index is 13.7. The molecule has 0 spiro atoms. The van der Waals surface area contributed by atoms with Crippen molar-refractivity contribution < 1.29 is 31.8 Å². The minimum atomic E-state index is -3.27. The van der Waals surface area contributed by atoms with Gasteiger partial charge >= 0.3 is 6.61 Å². The Morgan fingerprint density at radius 1 is 1.38 bits per heavy atom. The Kier molecular flexibility index (Phi) is 4.66. The number of hydrogen-bond acceptors (Lipinski definition) is 3. The maximum absolute atomic E-state index is 13.7. The van der Waals surface area contributed by atoms with E-state index in [1.165, 1.54) is 0 Å². The molecule has 0 bridgehead atoms. The van der Waals surface area contributed by atoms with Crippen molar-refractivity contribution in [2.24, 2.45) is 5.92 Å². The van der Waals surface area contributed by atoms with Gasteiger partial charge in [0, 0.05) is 18.7 Å². The van der Waals surface area contributed by atoms with Crippen LogP contribution in [-0.2, 0) is 9.53 Å². The molecule has 116 valence electrons. The molecule has 1 amide bonds. The van der Waals surface area contributed by atoms with Gasteiger partial charge in [-0.3, -0.25) is 4.79 Å². The van der Waals surface area contributed by atoms with Crippen molar-refractivity contribution in [3.05, 3.63) is 23.8 Å². The van der Waals surface area contributed by atoms with Crippen LogP contribution in [-0.4, -0.2) is 25.2 Å². The predicted octanol–water partition coefficient (Wildman–Crippen LogP) is 2.93. The molecule has 2 rings (SSSR count). The number of carbonyl (C=O) groups excluding carboxylic acids is 1. The van der Waals surface area contributed by atoms with Crippen LogP contribution in [0.2, 0.25) is 0 Å². The molecule has 1 heterocycles. The average molecular weight is 307 g/mol. The summed E-state index contributed by atoms with van der Waals surface area (Å²) < 4.78 is 60.2. The van der Waals surface area contributed by atoms with Crippen LogP contribution in [0.3, 0.4) is 0 Å². The van der Waals surface area contributed by atoms with E-state index in [1.54, 1.807) is 6.92 Å². The molecular formula is C13H13F4NO3. The van der Waals surface area contributed by atoms with Gasteiger partial charge < -0.3 is 14.8 Å². The summed E-state index contributed by atoms with van der Waals surface area (Å²) in [5.74, 6) is -3.86. The molecule has 21 heavy (non-hydrogen) atoms. The van der Waals surface area contributed by atoms with Gasteiger partial charge in [-0.05, 0) is 12.3 Å². The predicted molar refractivity (Wildman–Crippen MR) is 65.1 cm³/mol. The fourth-order valence-electron chi connectivity index (χ4n) is 2.05. The summed E-state index contributed by atoms with van der Waals surface area (Å²) in [4.78, 5) is 11.9. The van der Waals surface area contributed by atoms with Gasteiger partial charge in [0.2, 0.25) is 0 Å². The fraction of sp³-hybridized carbons (Fsp3) is 0.462. The zero-order valence-electron chi connectivity index (χ0n) is 11.0. The Balaban J connectivity index is 2.13. The van der Waals surface area contributed by atoms with E-state index in [9.17, 15) is 22.4 Å². The second-order valence-electron chi connectivity index (χ2n) is 4.69. The van der Waals surface area contributed by atoms with Crippen LogP contribution in [0.5, 0.6) is 5.75 Å². The first-order chi connectivity index (χ1) is 9.88. The maximum Gasteiger partial charge on any atom is 0.387 e. The normalized spacial score (nSPS) is 21.6. The van der Waals surface area contributed by atoms with E-state index >= 15 is 0 Å². The van der Waals surface area contributed by atoms with E-state index in [-0.39, 0.29) is 5.92 Å². The van der Waals surface area contributed by atoms with E-state index in [1.807, 2.05) is 0 Å². The van der Waals surface area contributed by atoms with Crippen LogP contribution in [0.4, 0.5) is 23.2 Å². The molecule has 0 saturated carbocycles. The van der Waals surface area contributed by atoms with Crippen molar-refractivity contribution in [1.82, 2.24) is 0 Å². The van der Waals surface area contributed by atoms with Gasteiger partial charge in [-0.25, -0.2) is 8.78 Å². The largest absolute Gasteiger partial charge is 0.432 e. The Morgan fingerprint density at radius 2 is 2.10 bits per heavy atom. The molecule has 1 aromatic rings. The van der Waals surface area contributed by atoms with Crippen LogP contribution in [0.25, 0.3) is 0 Å². The molecule has 8 heteroatoms. The van der Waals surface area contributed by atoms with Crippen LogP contribution in [0.1, 0.15) is 13.3 Å². The number of nitrogens with one attached hydrogen (secondary N) is 1. The number of rotatable bonds is 4. The van der Waals surface area contributed by atoms with Crippen LogP contribution >= 0.6 is 0 Å². The van der Waals surface area contributed by atoms with Crippen molar-refractivity contribution in [2.45, 2.75) is 26.1 Å². The van der Waals surface area contributed by atoms with Crippen molar-refractivity contribution >= 4 is 11.6 Å². The van der Waals surface area contributed by atoms with E-state index in [2.05, 4.69) is 10.1 Å². The molecule has 1 saturated heterocycles. The lowest BCUT2D eigenvalue weighted by Gasteiger charge is -2.15. The third-order valence-corrected chi connectivity index (χ3v) is 3.14. The van der Waals surface area contributed by atoms with E-state index < -0.39 is 41.7 Å². The van der Waals surface area contributed by atoms with Gasteiger partial charge in [0.05, 0.1) is 5.69 Å². The lowest BCUT2D eigenvalue weighted by atomic mass is 10.0. The lowest BCUT2D eigenvalue weighted by molar-refractivity contribution is -0.126. The monoisotopic (exact) mass is 307 g/mol. The third-order valence-electron chi connectivity index (χ3n) is 3.14. The van der Waals surface area contributed by atoms with Crippen molar-refractivity contribution in [3.8, 4) is 5.75 Å². The molecule has 1 aliphatic heterocycles. The Morgan fingerprint density at radius 3 is 2.67 bits per heavy atom. The number of ether oxygens (including phenoxy) is 2. The summed E-state index contributed by atoms with van der Waals surface area (Å²) in [5, 5.41) is 2.18. The number of halogens is 4. The van der Waals surface area contributed by atoms with Crippen molar-refractivity contribution in [1.29, 1.82) is 0 Å². The summed E-state index contributed by atoms with van der Waals surface area (Å²) in [6, 6.07) is 1.04. The number of anilines is 1. The van der Waals surface area contributed by atoms with Gasteiger partial charge in [-0.15, -0.1) is 0 Å². The second kappa shape index (κ2) is 6.30. The highest BCUT2D eigenvalue weighted by Gasteiger charge is 2.31. The highest BCUT2D eigenvalue weighted by molar-refractivity contribution is 5.94. The Labute approximate surface area is 118 Å². The van der Waals surface area contributed by atoms with Gasteiger partial charge in [0.15, 0.2) is 17.4 Å². The van der Waals surface area contributed by atoms with Gasteiger partial charge in [-0.2, -0.15) is 8.78 Å². The molecule has 2 atom stereocenters. The molecular weight excluding hydrogens is 294 g/mol. The summed E-state index contributed by atoms with van der Waals surface area (Å²) in [6.07, 6.45) is -0.0553. The smallest absolute Gasteiger partial charge is 0.387 e. The van der Waals surface area contributed by atoms with E-state index in [4.69, 9.17) is 4.74 Å². The van der Waals surface area contributed by atoms with Gasteiger partial charge in [-0.1, -0.05) is 6.92 Å². The van der Waals surface area contributed by atoms with Crippen LogP contribution < -0.4 is 10.1 Å². The molecule has 0 aliphatic carbocycles. The number of amides is 1. The summed E-state index contributed by atoms with van der Waals surface area (Å²) >= 11 is 0. The molecule has 0 unspecified atom stereocenters. The lowest BCUT2D eigenvalue weighted by Crippen LogP contribution is -2.31. The Hall–Kier alpha value is -1.83. The molecule has 0 aromatic heterocycles. The average Bonchev–Trinajstić information content (AvgIpc) is 2.81. The summed E-state index contributed by atoms with van der Waals surface area (Å²) in [5.41, 5.74) is -0.457. The van der Waals surface area contributed by atoms with Crippen LogP contribution in [0.15, 0.2) is 12.1 Å². The molecule has 1 aliphatic rings. The minimum absolute atomic E-state index is 0.0423. The summed E-state index contributed by atoms with van der Waals surface area (Å²) in [6.45, 7) is -1.06. The van der Waals surface area contributed by atoms with Crippen LogP contribution in [0, 0.1) is 17.6 Å². The fourth-order valence-corrected chi connectivity index (χ4v) is 2.05. The number of alkyl halides is 2. The standard InChI is InChI=1S/C13H13F4NO3/c1-6-2-3-20-11(6)12(19)18-9-4-8(15)10(5-7(9)14)21-13(16)17/h4-6,11,13H,2-3H2,1H3,(H,18,19)/t6-,11+/m1/s1. The topological polar surface area (TPSA) is 47.6 Å². The van der Waals surface area contributed by atoms with Crippen molar-refractivity contribution in [2.75, 3.05) is 11.9 Å². The molecule has 1 aromatic carbocycles. The second-order valence-corrected chi connectivity index (χ2v) is 4.69. The first-order valence-electron chi connectivity index (χ1n) is 6.25. The van der Waals surface area contributed by atoms with Gasteiger partial charge in [0.25, 0.3) is 5.91 Å². The number of benzene rings is 1. The highest BCUT2D eigenvalue weighted by Crippen LogP contribution is 2.27. The third kappa shape index (κ3) is 3.63. The SMILES string of the molecule is C[C@@H]1CCO[C@@H]1C(=O)Nc1cc(F)c(OC(F)F)cc1F. The Bertz CT molecular complexity index is 538.